The van der Waals surface area contributed by atoms with Crippen molar-refractivity contribution in [3.8, 4) is 5.75 Å². The smallest absolute Gasteiger partial charge is 0.419 e. The number of anilines is 1. The molecular formula is C33H33F4N3O5. The molecular weight excluding hydrogens is 594 g/mol. The van der Waals surface area contributed by atoms with E-state index in [1.54, 1.807) is 17.0 Å². The molecule has 5 fully saturated rings. The van der Waals surface area contributed by atoms with Gasteiger partial charge < -0.3 is 25.0 Å². The third-order valence-electron chi connectivity index (χ3n) is 9.94. The first kappa shape index (κ1) is 29.8. The van der Waals surface area contributed by atoms with E-state index in [4.69, 9.17) is 9.47 Å². The second-order valence-electron chi connectivity index (χ2n) is 13.1. The van der Waals surface area contributed by atoms with Gasteiger partial charge >= 0.3 is 6.18 Å². The fourth-order valence-corrected chi connectivity index (χ4v) is 7.52. The summed E-state index contributed by atoms with van der Waals surface area (Å²) in [6, 6.07) is 6.40. The van der Waals surface area contributed by atoms with Crippen LogP contribution in [0.1, 0.15) is 52.0 Å². The molecule has 3 amide bonds. The van der Waals surface area contributed by atoms with Crippen LogP contribution in [0.2, 0.25) is 0 Å². The van der Waals surface area contributed by atoms with Crippen molar-refractivity contribution in [3.63, 3.8) is 0 Å². The van der Waals surface area contributed by atoms with E-state index in [0.717, 1.165) is 30.9 Å². The number of alkyl halides is 3. The molecule has 8 nitrogen and oxygen atoms in total. The van der Waals surface area contributed by atoms with Gasteiger partial charge in [0, 0.05) is 36.3 Å². The topological polar surface area (TPSA) is 97.0 Å². The van der Waals surface area contributed by atoms with Gasteiger partial charge in [0.05, 0.1) is 42.8 Å². The van der Waals surface area contributed by atoms with Crippen LogP contribution < -0.4 is 15.4 Å². The second kappa shape index (κ2) is 10.9. The maximum atomic E-state index is 13.9. The summed E-state index contributed by atoms with van der Waals surface area (Å²) in [6.45, 7) is 2.45. The first-order valence-corrected chi connectivity index (χ1v) is 15.2. The molecule has 0 radical (unpaired) electrons. The highest BCUT2D eigenvalue weighted by Gasteiger charge is 2.55. The average molecular weight is 628 g/mol. The largest absolute Gasteiger partial charge is 0.496 e. The van der Waals surface area contributed by atoms with E-state index in [1.807, 2.05) is 0 Å². The van der Waals surface area contributed by atoms with E-state index in [0.29, 0.717) is 56.3 Å². The molecule has 2 N–H and O–H groups in total. The Morgan fingerprint density at radius 3 is 2.40 bits per heavy atom. The van der Waals surface area contributed by atoms with Crippen molar-refractivity contribution < 1.29 is 41.4 Å². The third-order valence-corrected chi connectivity index (χ3v) is 9.94. The Morgan fingerprint density at radius 1 is 1.02 bits per heavy atom. The Kier molecular flexibility index (Phi) is 7.18. The number of hydrogen-bond acceptors (Lipinski definition) is 5. The Morgan fingerprint density at radius 2 is 1.76 bits per heavy atom. The quantitative estimate of drug-likeness (QED) is 0.331. The number of nitrogens with one attached hydrogen (secondary N) is 2. The molecule has 2 aliphatic heterocycles. The van der Waals surface area contributed by atoms with Crippen LogP contribution in [-0.4, -0.2) is 62.1 Å². The molecule has 2 saturated heterocycles. The predicted molar refractivity (Wildman–Crippen MR) is 154 cm³/mol. The molecule has 2 heterocycles. The van der Waals surface area contributed by atoms with E-state index in [-0.39, 0.29) is 40.2 Å². The van der Waals surface area contributed by atoms with Crippen molar-refractivity contribution in [3.05, 3.63) is 70.6 Å². The molecule has 12 heteroatoms. The molecule has 7 rings (SSSR count). The average Bonchev–Trinajstić information content (AvgIpc) is 3.63. The van der Waals surface area contributed by atoms with Gasteiger partial charge in [0.2, 0.25) is 5.91 Å². The molecule has 2 aromatic carbocycles. The van der Waals surface area contributed by atoms with Gasteiger partial charge in [-0.05, 0) is 73.9 Å². The maximum absolute atomic E-state index is 13.9. The minimum Gasteiger partial charge on any atom is -0.496 e. The fourth-order valence-electron chi connectivity index (χ4n) is 7.52. The molecule has 2 aromatic rings. The van der Waals surface area contributed by atoms with E-state index >= 15 is 0 Å². The van der Waals surface area contributed by atoms with E-state index in [9.17, 15) is 31.9 Å². The molecule has 3 aliphatic carbocycles. The SMILES string of the molecule is COc1ccc(C(=O)N2CC3(COC3)C2)cc1C(=O)N[C@H]1[C@@H](C(=O)Nc2ccc(F)c(C(F)(F)F)c2)[C@H]2CC[C@@H]1/C2=C\C1CC1. The number of amides is 3. The van der Waals surface area contributed by atoms with Crippen LogP contribution in [-0.2, 0) is 15.7 Å². The first-order chi connectivity index (χ1) is 21.5. The lowest BCUT2D eigenvalue weighted by Crippen LogP contribution is -2.67. The Balaban J connectivity index is 1.14. The standard InChI is InChI=1S/C33H33F4N3O5/c1-44-26-9-4-18(31(43)40-13-32(14-40)15-45-16-32)11-23(26)29(41)39-28-21-7-6-20(22(21)10-17-2-3-17)27(28)30(42)38-19-5-8-25(34)24(12-19)33(35,36)37/h4-5,8-12,17,20-21,27-28H,2-3,6-7,13-16H2,1H3,(H,38,42)(H,39,41)/b22-10-/t20-,21+,27-,28+/m0/s1. The maximum Gasteiger partial charge on any atom is 0.419 e. The van der Waals surface area contributed by atoms with Gasteiger partial charge in [-0.1, -0.05) is 11.6 Å². The number of methoxy groups -OCH3 is 1. The third kappa shape index (κ3) is 5.36. The van der Waals surface area contributed by atoms with Crippen molar-refractivity contribution >= 4 is 23.4 Å². The number of fused-ring (bicyclic) bond motifs is 2. The number of halogens is 4. The monoisotopic (exact) mass is 627 g/mol. The number of ether oxygens (including phenoxy) is 2. The summed E-state index contributed by atoms with van der Waals surface area (Å²) in [4.78, 5) is 42.5. The Bertz CT molecular complexity index is 1590. The molecule has 0 unspecified atom stereocenters. The first-order valence-electron chi connectivity index (χ1n) is 15.2. The van der Waals surface area contributed by atoms with Gasteiger partial charge in [-0.15, -0.1) is 0 Å². The Labute approximate surface area is 257 Å². The molecule has 45 heavy (non-hydrogen) atoms. The summed E-state index contributed by atoms with van der Waals surface area (Å²) >= 11 is 0. The summed E-state index contributed by atoms with van der Waals surface area (Å²) in [5.41, 5.74) is -0.0292. The summed E-state index contributed by atoms with van der Waals surface area (Å²) in [5.74, 6) is -3.07. The summed E-state index contributed by atoms with van der Waals surface area (Å²) in [7, 11) is 1.42. The zero-order valence-electron chi connectivity index (χ0n) is 24.6. The number of rotatable bonds is 7. The normalized spacial score (nSPS) is 27.2. The summed E-state index contributed by atoms with van der Waals surface area (Å²) < 4.78 is 64.7. The lowest BCUT2D eigenvalue weighted by molar-refractivity contribution is -0.176. The van der Waals surface area contributed by atoms with E-state index in [2.05, 4.69) is 16.7 Å². The molecule has 5 aliphatic rings. The molecule has 1 spiro atoms. The van der Waals surface area contributed by atoms with Gasteiger partial charge in [0.25, 0.3) is 11.8 Å². The molecule has 2 bridgehead atoms. The number of carbonyl (C=O) groups is 3. The van der Waals surface area contributed by atoms with Gasteiger partial charge in [-0.3, -0.25) is 14.4 Å². The number of benzene rings is 2. The fraction of sp³-hybridized carbons (Fsp3) is 0.485. The van der Waals surface area contributed by atoms with Crippen LogP contribution in [0.4, 0.5) is 23.2 Å². The molecule has 3 saturated carbocycles. The van der Waals surface area contributed by atoms with E-state index < -0.39 is 41.3 Å². The number of allylic oxidation sites excluding steroid dienone is 1. The zero-order valence-corrected chi connectivity index (χ0v) is 24.6. The lowest BCUT2D eigenvalue weighted by Gasteiger charge is -2.54. The molecule has 4 atom stereocenters. The van der Waals surface area contributed by atoms with Crippen LogP contribution >= 0.6 is 0 Å². The predicted octanol–water partition coefficient (Wildman–Crippen LogP) is 5.06. The second-order valence-corrected chi connectivity index (χ2v) is 13.1. The van der Waals surface area contributed by atoms with Crippen LogP contribution in [0.3, 0.4) is 0 Å². The van der Waals surface area contributed by atoms with E-state index in [1.165, 1.54) is 13.2 Å². The van der Waals surface area contributed by atoms with Crippen LogP contribution in [0.15, 0.2) is 48.0 Å². The van der Waals surface area contributed by atoms with Crippen molar-refractivity contribution in [1.29, 1.82) is 0 Å². The van der Waals surface area contributed by atoms with Gasteiger partial charge in [0.1, 0.15) is 11.6 Å². The minimum absolute atomic E-state index is 0.0353. The zero-order chi connectivity index (χ0) is 31.7. The van der Waals surface area contributed by atoms with Gasteiger partial charge in [0.15, 0.2) is 0 Å². The van der Waals surface area contributed by atoms with Crippen molar-refractivity contribution in [2.45, 2.75) is 37.9 Å². The van der Waals surface area contributed by atoms with Crippen LogP contribution in [0.5, 0.6) is 5.75 Å². The minimum atomic E-state index is -4.93. The highest BCUT2D eigenvalue weighted by atomic mass is 19.4. The van der Waals surface area contributed by atoms with Crippen LogP contribution in [0.25, 0.3) is 0 Å². The number of likely N-dealkylation sites (tertiary alicyclic amines) is 1. The van der Waals surface area contributed by atoms with Crippen molar-refractivity contribution in [1.82, 2.24) is 10.2 Å². The summed E-state index contributed by atoms with van der Waals surface area (Å²) in [6.07, 6.45) is 0.835. The number of nitrogens with zero attached hydrogens (tertiary/aromatic N) is 1. The molecule has 238 valence electrons. The Hall–Kier alpha value is -3.93. The number of hydrogen-bond donors (Lipinski definition) is 2. The lowest BCUT2D eigenvalue weighted by atomic mass is 9.78. The van der Waals surface area contributed by atoms with Crippen molar-refractivity contribution in [2.24, 2.45) is 29.1 Å². The summed E-state index contributed by atoms with van der Waals surface area (Å²) in [5, 5.41) is 5.60. The van der Waals surface area contributed by atoms with Crippen molar-refractivity contribution in [2.75, 3.05) is 38.7 Å². The molecule has 0 aromatic heterocycles. The highest BCUT2D eigenvalue weighted by Crippen LogP contribution is 2.54. The van der Waals surface area contributed by atoms with Crippen LogP contribution in [0, 0.1) is 34.9 Å². The van der Waals surface area contributed by atoms with Gasteiger partial charge in [-0.25, -0.2) is 4.39 Å². The highest BCUT2D eigenvalue weighted by molar-refractivity contribution is 6.02. The number of carbonyl (C=O) groups excluding carboxylic acids is 3. The van der Waals surface area contributed by atoms with Gasteiger partial charge in [-0.2, -0.15) is 13.2 Å².